The summed E-state index contributed by atoms with van der Waals surface area (Å²) in [6.45, 7) is 8.41. The normalized spacial score (nSPS) is 11.4. The summed E-state index contributed by atoms with van der Waals surface area (Å²) >= 11 is 0. The molecule has 3 nitrogen and oxygen atoms in total. The van der Waals surface area contributed by atoms with E-state index in [4.69, 9.17) is 10.00 Å². The maximum atomic E-state index is 8.81. The largest absolute Gasteiger partial charge is 0.494 e. The topological polar surface area (TPSA) is 36.3 Å². The first kappa shape index (κ1) is 15.5. The van der Waals surface area contributed by atoms with Crippen LogP contribution in [-0.4, -0.2) is 30.6 Å². The minimum Gasteiger partial charge on any atom is -0.494 e. The molecular weight excluding hydrogens is 236 g/mol. The molecule has 0 aliphatic carbocycles. The quantitative estimate of drug-likeness (QED) is 0.704. The van der Waals surface area contributed by atoms with Gasteiger partial charge in [-0.15, -0.1) is 0 Å². The van der Waals surface area contributed by atoms with Gasteiger partial charge in [0.2, 0.25) is 0 Å². The zero-order chi connectivity index (χ0) is 14.3. The predicted octanol–water partition coefficient (Wildman–Crippen LogP) is 3.45. The zero-order valence-corrected chi connectivity index (χ0v) is 12.4. The van der Waals surface area contributed by atoms with Gasteiger partial charge in [-0.3, -0.25) is 0 Å². The third-order valence-corrected chi connectivity index (χ3v) is 3.77. The molecular formula is C16H24N2O. The van der Waals surface area contributed by atoms with Crippen LogP contribution >= 0.6 is 0 Å². The van der Waals surface area contributed by atoms with E-state index < -0.39 is 0 Å². The summed E-state index contributed by atoms with van der Waals surface area (Å²) < 4.78 is 5.67. The fraction of sp³-hybridized carbons (Fsp3) is 0.562. The van der Waals surface area contributed by atoms with Crippen molar-refractivity contribution in [3.05, 3.63) is 29.8 Å². The number of benzene rings is 1. The molecule has 0 aromatic heterocycles. The first-order valence-electron chi connectivity index (χ1n) is 6.84. The van der Waals surface area contributed by atoms with Crippen molar-refractivity contribution in [3.63, 3.8) is 0 Å². The van der Waals surface area contributed by atoms with Crippen LogP contribution in [0.3, 0.4) is 0 Å². The lowest BCUT2D eigenvalue weighted by Crippen LogP contribution is -2.41. The molecule has 0 aliphatic rings. The van der Waals surface area contributed by atoms with Crippen LogP contribution in [0.1, 0.15) is 39.2 Å². The summed E-state index contributed by atoms with van der Waals surface area (Å²) in [7, 11) is 2.15. The van der Waals surface area contributed by atoms with E-state index in [2.05, 4.69) is 38.8 Å². The van der Waals surface area contributed by atoms with Crippen molar-refractivity contribution in [1.82, 2.24) is 4.90 Å². The lowest BCUT2D eigenvalue weighted by atomic mass is 10.00. The second-order valence-corrected chi connectivity index (χ2v) is 5.43. The summed E-state index contributed by atoms with van der Waals surface area (Å²) in [4.78, 5) is 2.36. The Morgan fingerprint density at radius 1 is 1.37 bits per heavy atom. The van der Waals surface area contributed by atoms with E-state index in [0.29, 0.717) is 12.2 Å². The summed E-state index contributed by atoms with van der Waals surface area (Å²) in [5, 5.41) is 8.81. The van der Waals surface area contributed by atoms with E-state index >= 15 is 0 Å². The zero-order valence-electron chi connectivity index (χ0n) is 12.4. The lowest BCUT2D eigenvalue weighted by molar-refractivity contribution is 0.140. The Hall–Kier alpha value is -1.53. The van der Waals surface area contributed by atoms with Crippen molar-refractivity contribution in [1.29, 1.82) is 5.26 Å². The van der Waals surface area contributed by atoms with Crippen LogP contribution in [0.15, 0.2) is 24.3 Å². The molecule has 0 amide bonds. The van der Waals surface area contributed by atoms with Crippen molar-refractivity contribution in [3.8, 4) is 11.8 Å². The molecule has 104 valence electrons. The van der Waals surface area contributed by atoms with Crippen LogP contribution in [0.4, 0.5) is 0 Å². The van der Waals surface area contributed by atoms with Gasteiger partial charge in [0.15, 0.2) is 0 Å². The summed E-state index contributed by atoms with van der Waals surface area (Å²) in [5.41, 5.74) is 0.877. The molecule has 19 heavy (non-hydrogen) atoms. The molecule has 0 unspecified atom stereocenters. The highest BCUT2D eigenvalue weighted by Gasteiger charge is 2.20. The van der Waals surface area contributed by atoms with E-state index in [0.717, 1.165) is 25.1 Å². The second kappa shape index (κ2) is 7.16. The van der Waals surface area contributed by atoms with E-state index in [-0.39, 0.29) is 5.54 Å². The van der Waals surface area contributed by atoms with Gasteiger partial charge < -0.3 is 9.64 Å². The van der Waals surface area contributed by atoms with Gasteiger partial charge in [0, 0.05) is 12.1 Å². The van der Waals surface area contributed by atoms with Crippen molar-refractivity contribution in [2.75, 3.05) is 20.2 Å². The molecule has 0 atom stereocenters. The van der Waals surface area contributed by atoms with Crippen LogP contribution in [0.5, 0.6) is 5.75 Å². The number of nitriles is 1. The maximum Gasteiger partial charge on any atom is 0.120 e. The Morgan fingerprint density at radius 3 is 2.74 bits per heavy atom. The van der Waals surface area contributed by atoms with Gasteiger partial charge in [0.1, 0.15) is 5.75 Å². The van der Waals surface area contributed by atoms with Crippen molar-refractivity contribution < 1.29 is 4.74 Å². The van der Waals surface area contributed by atoms with Gasteiger partial charge >= 0.3 is 0 Å². The van der Waals surface area contributed by atoms with Gasteiger partial charge in [-0.1, -0.05) is 13.0 Å². The Bertz CT molecular complexity index is 435. The second-order valence-electron chi connectivity index (χ2n) is 5.43. The van der Waals surface area contributed by atoms with Crippen LogP contribution in [0, 0.1) is 11.3 Å². The van der Waals surface area contributed by atoms with Crippen LogP contribution < -0.4 is 4.74 Å². The van der Waals surface area contributed by atoms with Crippen molar-refractivity contribution in [2.24, 2.45) is 0 Å². The minimum atomic E-state index is 0.237. The summed E-state index contributed by atoms with van der Waals surface area (Å²) in [6.07, 6.45) is 2.12. The number of hydrogen-bond donors (Lipinski definition) is 0. The fourth-order valence-corrected chi connectivity index (χ4v) is 1.72. The first-order valence-corrected chi connectivity index (χ1v) is 6.84. The molecule has 0 N–H and O–H groups in total. The summed E-state index contributed by atoms with van der Waals surface area (Å²) in [6, 6.07) is 9.41. The average molecular weight is 260 g/mol. The monoisotopic (exact) mass is 260 g/mol. The summed E-state index contributed by atoms with van der Waals surface area (Å²) in [5.74, 6) is 0.774. The minimum absolute atomic E-state index is 0.237. The third kappa shape index (κ3) is 4.92. The molecule has 3 heteroatoms. The van der Waals surface area contributed by atoms with E-state index in [1.807, 2.05) is 12.1 Å². The SMILES string of the molecule is CCC(C)(C)N(C)CCCOc1cccc(C#N)c1. The first-order chi connectivity index (χ1) is 8.99. The Balaban J connectivity index is 2.33. The van der Waals surface area contributed by atoms with Crippen LogP contribution in [-0.2, 0) is 0 Å². The Kier molecular flexibility index (Phi) is 5.85. The molecule has 0 heterocycles. The highest BCUT2D eigenvalue weighted by Crippen LogP contribution is 2.17. The van der Waals surface area contributed by atoms with Crippen molar-refractivity contribution in [2.45, 2.75) is 39.2 Å². The van der Waals surface area contributed by atoms with Crippen molar-refractivity contribution >= 4 is 0 Å². The molecule has 0 radical (unpaired) electrons. The Morgan fingerprint density at radius 2 is 2.11 bits per heavy atom. The smallest absolute Gasteiger partial charge is 0.120 e. The van der Waals surface area contributed by atoms with Crippen LogP contribution in [0.2, 0.25) is 0 Å². The van der Waals surface area contributed by atoms with Gasteiger partial charge in [0.05, 0.1) is 18.2 Å². The number of rotatable bonds is 7. The molecule has 1 aromatic rings. The van der Waals surface area contributed by atoms with E-state index in [1.165, 1.54) is 0 Å². The molecule has 0 aliphatic heterocycles. The maximum absolute atomic E-state index is 8.81. The molecule has 0 saturated carbocycles. The highest BCUT2D eigenvalue weighted by atomic mass is 16.5. The van der Waals surface area contributed by atoms with Gasteiger partial charge in [-0.2, -0.15) is 5.26 Å². The van der Waals surface area contributed by atoms with Gasteiger partial charge in [-0.25, -0.2) is 0 Å². The lowest BCUT2D eigenvalue weighted by Gasteiger charge is -2.34. The standard InChI is InChI=1S/C16H24N2O/c1-5-16(2,3)18(4)10-7-11-19-15-9-6-8-14(12-15)13-17/h6,8-9,12H,5,7,10-11H2,1-4H3. The van der Waals surface area contributed by atoms with Crippen LogP contribution in [0.25, 0.3) is 0 Å². The average Bonchev–Trinajstić information content (AvgIpc) is 2.43. The van der Waals surface area contributed by atoms with E-state index in [1.54, 1.807) is 12.1 Å². The molecule has 0 saturated heterocycles. The Labute approximate surface area is 116 Å². The number of hydrogen-bond acceptors (Lipinski definition) is 3. The predicted molar refractivity (Wildman–Crippen MR) is 78.3 cm³/mol. The molecule has 1 rings (SSSR count). The fourth-order valence-electron chi connectivity index (χ4n) is 1.72. The third-order valence-electron chi connectivity index (χ3n) is 3.77. The highest BCUT2D eigenvalue weighted by molar-refractivity contribution is 5.36. The molecule has 0 fully saturated rings. The number of ether oxygens (including phenoxy) is 1. The molecule has 0 bridgehead atoms. The van der Waals surface area contributed by atoms with Gasteiger partial charge in [0.25, 0.3) is 0 Å². The molecule has 1 aromatic carbocycles. The van der Waals surface area contributed by atoms with Gasteiger partial charge in [-0.05, 0) is 51.9 Å². The molecule has 0 spiro atoms. The number of nitrogens with zero attached hydrogens (tertiary/aromatic N) is 2. The van der Waals surface area contributed by atoms with E-state index in [9.17, 15) is 0 Å².